The summed E-state index contributed by atoms with van der Waals surface area (Å²) in [6.07, 6.45) is 8.37. The Bertz CT molecular complexity index is 1020. The third-order valence-electron chi connectivity index (χ3n) is 4.55. The first-order valence-corrected chi connectivity index (χ1v) is 9.70. The van der Waals surface area contributed by atoms with Gasteiger partial charge in [-0.3, -0.25) is 0 Å². The molecule has 28 heavy (non-hydrogen) atoms. The number of nitrogens with one attached hydrogen (secondary N) is 1. The van der Waals surface area contributed by atoms with Gasteiger partial charge in [0.2, 0.25) is 0 Å². The average molecular weight is 392 g/mol. The lowest BCUT2D eigenvalue weighted by atomic mass is 9.99. The van der Waals surface area contributed by atoms with Crippen LogP contribution >= 0.6 is 11.3 Å². The van der Waals surface area contributed by atoms with E-state index < -0.39 is 0 Å². The Kier molecular flexibility index (Phi) is 5.26. The molecule has 140 valence electrons. The van der Waals surface area contributed by atoms with Crippen LogP contribution in [0.2, 0.25) is 0 Å². The zero-order valence-corrected chi connectivity index (χ0v) is 15.8. The number of thiazole rings is 1. The van der Waals surface area contributed by atoms with E-state index in [-0.39, 0.29) is 11.6 Å². The summed E-state index contributed by atoms with van der Waals surface area (Å²) in [5.74, 6) is 0.710. The van der Waals surface area contributed by atoms with Crippen molar-refractivity contribution in [3.8, 4) is 6.07 Å². The van der Waals surface area contributed by atoms with E-state index in [1.165, 1.54) is 16.9 Å². The van der Waals surface area contributed by atoms with E-state index in [0.29, 0.717) is 29.2 Å². The number of nitriles is 1. The minimum absolute atomic E-state index is 0.201. The number of halogens is 1. The molecule has 1 aliphatic heterocycles. The first kappa shape index (κ1) is 18.1. The van der Waals surface area contributed by atoms with Gasteiger partial charge in [0.05, 0.1) is 5.56 Å². The zero-order valence-electron chi connectivity index (χ0n) is 15.0. The highest BCUT2D eigenvalue weighted by Crippen LogP contribution is 2.25. The highest BCUT2D eigenvalue weighted by atomic mass is 32.1. The van der Waals surface area contributed by atoms with E-state index in [4.69, 9.17) is 5.26 Å². The molecule has 0 radical (unpaired) electrons. The quantitative estimate of drug-likeness (QED) is 0.660. The van der Waals surface area contributed by atoms with Crippen LogP contribution in [0.15, 0.2) is 53.8 Å². The van der Waals surface area contributed by atoms with Crippen LogP contribution in [0.4, 0.5) is 21.2 Å². The largest absolute Gasteiger partial charge is 0.353 e. The van der Waals surface area contributed by atoms with Crippen LogP contribution < -0.4 is 10.2 Å². The van der Waals surface area contributed by atoms with E-state index >= 15 is 0 Å². The fourth-order valence-electron chi connectivity index (χ4n) is 3.06. The van der Waals surface area contributed by atoms with E-state index in [2.05, 4.69) is 37.3 Å². The minimum atomic E-state index is -0.338. The Morgan fingerprint density at radius 2 is 2.14 bits per heavy atom. The number of aromatic nitrogens is 3. The monoisotopic (exact) mass is 392 g/mol. The van der Waals surface area contributed by atoms with Gasteiger partial charge in [-0.1, -0.05) is 11.6 Å². The Balaban J connectivity index is 1.43. The van der Waals surface area contributed by atoms with Gasteiger partial charge in [-0.05, 0) is 36.6 Å². The highest BCUT2D eigenvalue weighted by molar-refractivity contribution is 7.13. The Morgan fingerprint density at radius 3 is 2.82 bits per heavy atom. The van der Waals surface area contributed by atoms with Gasteiger partial charge >= 0.3 is 0 Å². The van der Waals surface area contributed by atoms with Crippen LogP contribution in [0.3, 0.4) is 0 Å². The fraction of sp³-hybridized carbons (Fsp3) is 0.200. The molecular weight excluding hydrogens is 375 g/mol. The standard InChI is InChI=1S/C20H17FN6S/c21-18-16(3-6-23-19(18)26-20-24-7-10-28-20)11-14-4-8-27(9-5-14)17-2-1-15(12-22)13-25-17/h1-4,6-7,10,13H,5,8-9,11H2,(H,23,24,26). The molecule has 3 aromatic rings. The van der Waals surface area contributed by atoms with Crippen molar-refractivity contribution < 1.29 is 4.39 Å². The van der Waals surface area contributed by atoms with Gasteiger partial charge in [-0.2, -0.15) is 5.26 Å². The van der Waals surface area contributed by atoms with Crippen LogP contribution in [-0.4, -0.2) is 28.0 Å². The van der Waals surface area contributed by atoms with Crippen LogP contribution in [0.25, 0.3) is 0 Å². The van der Waals surface area contributed by atoms with Gasteiger partial charge in [-0.25, -0.2) is 19.3 Å². The molecule has 0 aromatic carbocycles. The van der Waals surface area contributed by atoms with Crippen LogP contribution in [0.1, 0.15) is 17.5 Å². The molecule has 8 heteroatoms. The summed E-state index contributed by atoms with van der Waals surface area (Å²) < 4.78 is 14.8. The number of hydrogen-bond donors (Lipinski definition) is 1. The van der Waals surface area contributed by atoms with Gasteiger partial charge < -0.3 is 10.2 Å². The lowest BCUT2D eigenvalue weighted by Crippen LogP contribution is -2.29. The summed E-state index contributed by atoms with van der Waals surface area (Å²) in [5, 5.41) is 14.2. The normalized spacial score (nSPS) is 13.7. The predicted molar refractivity (Wildman–Crippen MR) is 107 cm³/mol. The SMILES string of the molecule is N#Cc1ccc(N2CC=C(Cc3ccnc(Nc4nccs4)c3F)CC2)nc1. The van der Waals surface area contributed by atoms with Crippen LogP contribution in [0, 0.1) is 17.1 Å². The van der Waals surface area contributed by atoms with E-state index in [1.807, 2.05) is 11.4 Å². The molecule has 4 heterocycles. The molecule has 0 amide bonds. The summed E-state index contributed by atoms with van der Waals surface area (Å²) in [7, 11) is 0. The van der Waals surface area contributed by atoms with Crippen molar-refractivity contribution >= 4 is 28.1 Å². The molecular formula is C20H17FN6S. The lowest BCUT2D eigenvalue weighted by molar-refractivity contribution is 0.609. The van der Waals surface area contributed by atoms with Crippen LogP contribution in [0.5, 0.6) is 0 Å². The summed E-state index contributed by atoms with van der Waals surface area (Å²) in [4.78, 5) is 14.7. The van der Waals surface area contributed by atoms with Gasteiger partial charge in [0.1, 0.15) is 11.9 Å². The number of rotatable bonds is 5. The summed E-state index contributed by atoms with van der Waals surface area (Å²) in [6, 6.07) is 7.42. The smallest absolute Gasteiger partial charge is 0.188 e. The summed E-state index contributed by atoms with van der Waals surface area (Å²) in [6.45, 7) is 1.52. The molecule has 0 bridgehead atoms. The zero-order chi connectivity index (χ0) is 19.3. The molecule has 1 N–H and O–H groups in total. The van der Waals surface area contributed by atoms with Crippen molar-refractivity contribution in [2.45, 2.75) is 12.8 Å². The molecule has 1 aliphatic rings. The summed E-state index contributed by atoms with van der Waals surface area (Å²) in [5.41, 5.74) is 2.35. The molecule has 0 fully saturated rings. The number of pyridine rings is 2. The number of hydrogen-bond acceptors (Lipinski definition) is 7. The van der Waals surface area contributed by atoms with Crippen molar-refractivity contribution in [2.24, 2.45) is 0 Å². The van der Waals surface area contributed by atoms with Gasteiger partial charge in [0.25, 0.3) is 0 Å². The van der Waals surface area contributed by atoms with E-state index in [9.17, 15) is 4.39 Å². The highest BCUT2D eigenvalue weighted by Gasteiger charge is 2.16. The minimum Gasteiger partial charge on any atom is -0.353 e. The molecule has 0 atom stereocenters. The predicted octanol–water partition coefficient (Wildman–Crippen LogP) is 4.07. The van der Waals surface area contributed by atoms with E-state index in [0.717, 1.165) is 18.8 Å². The maximum atomic E-state index is 14.8. The second-order valence-electron chi connectivity index (χ2n) is 6.35. The Labute approximate surface area is 166 Å². The fourth-order valence-corrected chi connectivity index (χ4v) is 3.59. The first-order chi connectivity index (χ1) is 13.7. The first-order valence-electron chi connectivity index (χ1n) is 8.82. The second kappa shape index (κ2) is 8.15. The molecule has 3 aromatic heterocycles. The molecule has 6 nitrogen and oxygen atoms in total. The average Bonchev–Trinajstić information content (AvgIpc) is 3.25. The maximum Gasteiger partial charge on any atom is 0.188 e. The Morgan fingerprint density at radius 1 is 1.21 bits per heavy atom. The van der Waals surface area contributed by atoms with Crippen molar-refractivity contribution in [2.75, 3.05) is 23.3 Å². The summed E-state index contributed by atoms with van der Waals surface area (Å²) >= 11 is 1.40. The van der Waals surface area contributed by atoms with Gasteiger partial charge in [-0.15, -0.1) is 11.3 Å². The third kappa shape index (κ3) is 4.00. The maximum absolute atomic E-state index is 14.8. The van der Waals surface area contributed by atoms with Crippen molar-refractivity contribution in [1.29, 1.82) is 5.26 Å². The molecule has 4 rings (SSSR count). The third-order valence-corrected chi connectivity index (χ3v) is 5.24. The van der Waals surface area contributed by atoms with E-state index in [1.54, 1.807) is 30.7 Å². The van der Waals surface area contributed by atoms with Gasteiger partial charge in [0, 0.05) is 37.1 Å². The van der Waals surface area contributed by atoms with Gasteiger partial charge in [0.15, 0.2) is 16.8 Å². The molecule has 0 aliphatic carbocycles. The molecule has 0 unspecified atom stereocenters. The van der Waals surface area contributed by atoms with Crippen LogP contribution in [-0.2, 0) is 6.42 Å². The van der Waals surface area contributed by atoms with Crippen molar-refractivity contribution in [3.63, 3.8) is 0 Å². The number of anilines is 3. The Hall–Kier alpha value is -3.31. The molecule has 0 saturated carbocycles. The number of nitrogens with zero attached hydrogens (tertiary/aromatic N) is 5. The topological polar surface area (TPSA) is 77.7 Å². The lowest BCUT2D eigenvalue weighted by Gasteiger charge is -2.27. The molecule has 0 spiro atoms. The van der Waals surface area contributed by atoms with Crippen molar-refractivity contribution in [1.82, 2.24) is 15.0 Å². The second-order valence-corrected chi connectivity index (χ2v) is 7.24. The molecule has 0 saturated heterocycles. The van der Waals surface area contributed by atoms with Crippen molar-refractivity contribution in [3.05, 3.63) is 70.8 Å².